The Morgan fingerprint density at radius 1 is 1.30 bits per heavy atom. The van der Waals surface area contributed by atoms with Crippen LogP contribution in [-0.4, -0.2) is 11.8 Å². The molecular formula is C6H14N2O2. The molecule has 0 aliphatic rings. The Morgan fingerprint density at radius 3 is 2.70 bits per heavy atom. The molecule has 0 saturated heterocycles. The molecule has 0 aliphatic carbocycles. The van der Waals surface area contributed by atoms with Gasteiger partial charge >= 0.3 is 0 Å². The predicted octanol–water partition coefficient (Wildman–Crippen LogP) is 2.42. The zero-order chi connectivity index (χ0) is 7.66. The molecule has 0 spiro atoms. The summed E-state index contributed by atoms with van der Waals surface area (Å²) in [6, 6.07) is 0. The number of nitrogens with zero attached hydrogens (tertiary/aromatic N) is 2. The van der Waals surface area contributed by atoms with E-state index < -0.39 is 0 Å². The van der Waals surface area contributed by atoms with Crippen LogP contribution >= 0.6 is 0 Å². The first-order chi connectivity index (χ1) is 4.91. The summed E-state index contributed by atoms with van der Waals surface area (Å²) < 4.78 is 0. The minimum atomic E-state index is 0.639. The van der Waals surface area contributed by atoms with Gasteiger partial charge in [-0.15, -0.1) is 0 Å². The Kier molecular flexibility index (Phi) is 7.82. The van der Waals surface area contributed by atoms with Crippen molar-refractivity contribution in [2.24, 2.45) is 10.4 Å². The van der Waals surface area contributed by atoms with Gasteiger partial charge in [-0.25, -0.2) is 4.99 Å². The van der Waals surface area contributed by atoms with Gasteiger partial charge in [0.15, 0.2) is 0 Å². The molecule has 0 aromatic heterocycles. The van der Waals surface area contributed by atoms with Crippen LogP contribution in [0.3, 0.4) is 0 Å². The van der Waals surface area contributed by atoms with Crippen molar-refractivity contribution in [1.29, 1.82) is 0 Å². The van der Waals surface area contributed by atoms with Crippen LogP contribution < -0.4 is 0 Å². The molecule has 10 heavy (non-hydrogen) atoms. The van der Waals surface area contributed by atoms with Crippen LogP contribution in [0, 0.1) is 0 Å². The van der Waals surface area contributed by atoms with Gasteiger partial charge in [0.2, 0.25) is 0 Å². The maximum Gasteiger partial charge on any atom is 0.0636 e. The zero-order valence-corrected chi connectivity index (χ0v) is 6.29. The van der Waals surface area contributed by atoms with Gasteiger partial charge in [0.1, 0.15) is 0 Å². The highest BCUT2D eigenvalue weighted by molar-refractivity contribution is 4.41. The number of unbranched alkanes of at least 4 members (excludes halogenated alkanes) is 3. The Morgan fingerprint density at radius 2 is 2.10 bits per heavy atom. The van der Waals surface area contributed by atoms with E-state index in [9.17, 15) is 0 Å². The highest BCUT2D eigenvalue weighted by atomic mass is 17.2. The van der Waals surface area contributed by atoms with Gasteiger partial charge in [0, 0.05) is 0 Å². The lowest BCUT2D eigenvalue weighted by Gasteiger charge is -1.91. The van der Waals surface area contributed by atoms with Crippen molar-refractivity contribution < 1.29 is 10.2 Å². The molecule has 0 bridgehead atoms. The molecule has 4 nitrogen and oxygen atoms in total. The van der Waals surface area contributed by atoms with Crippen LogP contribution in [0.25, 0.3) is 0 Å². The highest BCUT2D eigenvalue weighted by Gasteiger charge is 1.84. The van der Waals surface area contributed by atoms with E-state index in [1.165, 1.54) is 19.3 Å². The van der Waals surface area contributed by atoms with Crippen LogP contribution in [0.2, 0.25) is 0 Å². The molecule has 0 amide bonds. The normalized spacial score (nSPS) is 10.6. The largest absolute Gasteiger partial charge is 0.203 e. The fraction of sp³-hybridized carbons (Fsp3) is 1.00. The van der Waals surface area contributed by atoms with E-state index in [0.29, 0.717) is 6.54 Å². The molecule has 0 rings (SSSR count). The third-order valence-electron chi connectivity index (χ3n) is 1.21. The minimum absolute atomic E-state index is 0.639. The maximum atomic E-state index is 7.71. The molecule has 0 radical (unpaired) electrons. The summed E-state index contributed by atoms with van der Waals surface area (Å²) >= 11 is 0. The summed E-state index contributed by atoms with van der Waals surface area (Å²) in [6.45, 7) is 2.79. The fourth-order valence-electron chi connectivity index (χ4n) is 0.676. The average molecular weight is 146 g/mol. The second-order valence-corrected chi connectivity index (χ2v) is 2.09. The average Bonchev–Trinajstić information content (AvgIpc) is 1.97. The lowest BCUT2D eigenvalue weighted by molar-refractivity contribution is -0.251. The quantitative estimate of drug-likeness (QED) is 0.271. The van der Waals surface area contributed by atoms with Crippen molar-refractivity contribution >= 4 is 0 Å². The molecule has 4 heteroatoms. The standard InChI is InChI=1S/C6H14N2O2/c1-2-3-4-5-6-7-8-10-9/h9H,2-6H2,1H3/b8-7+. The molecule has 0 aromatic rings. The van der Waals surface area contributed by atoms with Crippen molar-refractivity contribution in [3.8, 4) is 0 Å². The third kappa shape index (κ3) is 7.36. The van der Waals surface area contributed by atoms with E-state index in [0.717, 1.165) is 6.42 Å². The highest BCUT2D eigenvalue weighted by Crippen LogP contribution is 1.98. The second-order valence-electron chi connectivity index (χ2n) is 2.09. The Labute approximate surface area is 60.8 Å². The first-order valence-electron chi connectivity index (χ1n) is 3.59. The van der Waals surface area contributed by atoms with Gasteiger partial charge < -0.3 is 0 Å². The van der Waals surface area contributed by atoms with Crippen LogP contribution in [0.4, 0.5) is 0 Å². The second kappa shape index (κ2) is 8.36. The topological polar surface area (TPSA) is 54.2 Å². The Bertz CT molecular complexity index is 85.8. The Hall–Kier alpha value is -0.640. The molecule has 1 N–H and O–H groups in total. The molecular weight excluding hydrogens is 132 g/mol. The van der Waals surface area contributed by atoms with E-state index in [-0.39, 0.29) is 0 Å². The summed E-state index contributed by atoms with van der Waals surface area (Å²) in [7, 11) is 0. The molecule has 60 valence electrons. The number of hydrogen-bond acceptors (Lipinski definition) is 4. The number of hydrogen-bond donors (Lipinski definition) is 1. The molecule has 0 unspecified atom stereocenters. The van der Waals surface area contributed by atoms with Gasteiger partial charge in [-0.05, 0) is 6.42 Å². The maximum absolute atomic E-state index is 7.71. The molecule has 0 saturated carbocycles. The molecule has 0 fully saturated rings. The zero-order valence-electron chi connectivity index (χ0n) is 6.29. The van der Waals surface area contributed by atoms with Crippen LogP contribution in [0.1, 0.15) is 32.6 Å². The smallest absolute Gasteiger partial charge is 0.0636 e. The summed E-state index contributed by atoms with van der Waals surface area (Å²) in [4.78, 5) is 3.41. The lowest BCUT2D eigenvalue weighted by Crippen LogP contribution is -1.80. The Balaban J connectivity index is 2.83. The van der Waals surface area contributed by atoms with Crippen LogP contribution in [-0.2, 0) is 4.99 Å². The number of rotatable bonds is 6. The first kappa shape index (κ1) is 9.36. The molecule has 0 aliphatic heterocycles. The van der Waals surface area contributed by atoms with Crippen LogP contribution in [0.5, 0.6) is 0 Å². The van der Waals surface area contributed by atoms with E-state index in [4.69, 9.17) is 5.26 Å². The summed E-state index contributed by atoms with van der Waals surface area (Å²) in [5.74, 6) is 0. The van der Waals surface area contributed by atoms with Crippen molar-refractivity contribution in [1.82, 2.24) is 0 Å². The van der Waals surface area contributed by atoms with Crippen LogP contribution in [0.15, 0.2) is 10.4 Å². The van der Waals surface area contributed by atoms with Crippen molar-refractivity contribution in [3.05, 3.63) is 0 Å². The van der Waals surface area contributed by atoms with E-state index >= 15 is 0 Å². The predicted molar refractivity (Wildman–Crippen MR) is 37.6 cm³/mol. The molecule has 0 heterocycles. The van der Waals surface area contributed by atoms with E-state index in [2.05, 4.69) is 22.3 Å². The first-order valence-corrected chi connectivity index (χ1v) is 3.59. The van der Waals surface area contributed by atoms with Crippen molar-refractivity contribution in [2.75, 3.05) is 6.54 Å². The molecule has 0 atom stereocenters. The summed E-state index contributed by atoms with van der Waals surface area (Å²) in [5, 5.41) is 14.2. The summed E-state index contributed by atoms with van der Waals surface area (Å²) in [5.41, 5.74) is 0. The van der Waals surface area contributed by atoms with Crippen molar-refractivity contribution in [3.63, 3.8) is 0 Å². The van der Waals surface area contributed by atoms with Crippen molar-refractivity contribution in [2.45, 2.75) is 32.6 Å². The minimum Gasteiger partial charge on any atom is -0.203 e. The van der Waals surface area contributed by atoms with Gasteiger partial charge in [0.25, 0.3) is 0 Å². The van der Waals surface area contributed by atoms with E-state index in [1.807, 2.05) is 0 Å². The monoisotopic (exact) mass is 146 g/mol. The molecule has 0 aromatic carbocycles. The fourth-order valence-corrected chi connectivity index (χ4v) is 0.676. The third-order valence-corrected chi connectivity index (χ3v) is 1.21. The van der Waals surface area contributed by atoms with Gasteiger partial charge in [-0.1, -0.05) is 26.2 Å². The van der Waals surface area contributed by atoms with E-state index in [1.54, 1.807) is 0 Å². The SMILES string of the molecule is CCCCCC/N=N/OO. The van der Waals surface area contributed by atoms with Gasteiger partial charge in [-0.3, -0.25) is 0 Å². The van der Waals surface area contributed by atoms with Gasteiger partial charge in [0.05, 0.1) is 11.8 Å². The lowest BCUT2D eigenvalue weighted by atomic mass is 10.2. The van der Waals surface area contributed by atoms with Gasteiger partial charge in [-0.2, -0.15) is 10.4 Å². The summed E-state index contributed by atoms with van der Waals surface area (Å²) in [6.07, 6.45) is 4.63.